The quantitative estimate of drug-likeness (QED) is 0.788. The summed E-state index contributed by atoms with van der Waals surface area (Å²) in [7, 11) is 0. The van der Waals surface area contributed by atoms with Gasteiger partial charge in [-0.15, -0.1) is 0 Å². The average Bonchev–Trinajstić information content (AvgIpc) is 2.18. The van der Waals surface area contributed by atoms with Gasteiger partial charge in [0.25, 0.3) is 0 Å². The molecule has 0 radical (unpaired) electrons. The zero-order valence-electron chi connectivity index (χ0n) is 7.90. The molecule has 0 saturated carbocycles. The maximum atomic E-state index is 10.6. The first-order chi connectivity index (χ1) is 6.65. The van der Waals surface area contributed by atoms with Crippen molar-refractivity contribution in [3.63, 3.8) is 0 Å². The molecule has 1 rings (SSSR count). The predicted molar refractivity (Wildman–Crippen MR) is 51.7 cm³/mol. The van der Waals surface area contributed by atoms with Crippen molar-refractivity contribution in [1.29, 1.82) is 5.26 Å². The summed E-state index contributed by atoms with van der Waals surface area (Å²) < 4.78 is 0. The van der Waals surface area contributed by atoms with Gasteiger partial charge < -0.3 is 5.11 Å². The summed E-state index contributed by atoms with van der Waals surface area (Å²) in [5.41, 5.74) is 1.35. The molecular weight excluding hydrogens is 178 g/mol. The van der Waals surface area contributed by atoms with Crippen molar-refractivity contribution in [2.24, 2.45) is 5.92 Å². The number of nitriles is 1. The Balaban J connectivity index is 2.87. The molecule has 0 bridgehead atoms. The second kappa shape index (κ2) is 4.43. The highest BCUT2D eigenvalue weighted by Crippen LogP contribution is 2.13. The molecule has 72 valence electrons. The molecule has 0 saturated heterocycles. The molecule has 0 aliphatic rings. The summed E-state index contributed by atoms with van der Waals surface area (Å²) in [5.74, 6) is -1.29. The van der Waals surface area contributed by atoms with Gasteiger partial charge in [0.1, 0.15) is 0 Å². The molecule has 0 heterocycles. The first kappa shape index (κ1) is 10.3. The van der Waals surface area contributed by atoms with Crippen LogP contribution in [0.1, 0.15) is 18.1 Å². The molecular formula is C11H11NO2. The minimum Gasteiger partial charge on any atom is -0.481 e. The third-order valence-corrected chi connectivity index (χ3v) is 2.09. The fourth-order valence-electron chi connectivity index (χ4n) is 1.22. The molecule has 0 unspecified atom stereocenters. The van der Waals surface area contributed by atoms with Crippen molar-refractivity contribution in [3.8, 4) is 6.07 Å². The van der Waals surface area contributed by atoms with Crippen molar-refractivity contribution < 1.29 is 9.90 Å². The van der Waals surface area contributed by atoms with Crippen LogP contribution in [0.25, 0.3) is 0 Å². The summed E-state index contributed by atoms with van der Waals surface area (Å²) in [5, 5.41) is 17.5. The van der Waals surface area contributed by atoms with Crippen molar-refractivity contribution in [1.82, 2.24) is 0 Å². The topological polar surface area (TPSA) is 61.1 Å². The Morgan fingerprint density at radius 1 is 1.57 bits per heavy atom. The van der Waals surface area contributed by atoms with E-state index in [1.807, 2.05) is 12.1 Å². The van der Waals surface area contributed by atoms with E-state index in [1.165, 1.54) is 0 Å². The van der Waals surface area contributed by atoms with Gasteiger partial charge >= 0.3 is 5.97 Å². The predicted octanol–water partition coefficient (Wildman–Crippen LogP) is 1.82. The lowest BCUT2D eigenvalue weighted by Crippen LogP contribution is -2.12. The summed E-state index contributed by atoms with van der Waals surface area (Å²) >= 11 is 0. The zero-order valence-corrected chi connectivity index (χ0v) is 7.90. The van der Waals surface area contributed by atoms with Gasteiger partial charge in [0.15, 0.2) is 0 Å². The van der Waals surface area contributed by atoms with E-state index in [-0.39, 0.29) is 0 Å². The Bertz CT molecular complexity index is 379. The van der Waals surface area contributed by atoms with Crippen LogP contribution in [0.4, 0.5) is 0 Å². The number of carboxylic acids is 1. The van der Waals surface area contributed by atoms with Gasteiger partial charge in [0, 0.05) is 0 Å². The molecule has 1 atom stereocenters. The van der Waals surface area contributed by atoms with Crippen LogP contribution in [0.5, 0.6) is 0 Å². The first-order valence-electron chi connectivity index (χ1n) is 4.36. The lowest BCUT2D eigenvalue weighted by molar-refractivity contribution is -0.141. The van der Waals surface area contributed by atoms with E-state index in [0.29, 0.717) is 12.0 Å². The lowest BCUT2D eigenvalue weighted by Gasteiger charge is -2.06. The van der Waals surface area contributed by atoms with Crippen LogP contribution in [0, 0.1) is 17.2 Å². The second-order valence-corrected chi connectivity index (χ2v) is 3.21. The normalized spacial score (nSPS) is 11.7. The van der Waals surface area contributed by atoms with Gasteiger partial charge in [-0.25, -0.2) is 0 Å². The van der Waals surface area contributed by atoms with E-state index in [4.69, 9.17) is 10.4 Å². The van der Waals surface area contributed by atoms with Crippen molar-refractivity contribution >= 4 is 5.97 Å². The summed E-state index contributed by atoms with van der Waals surface area (Å²) in [6.45, 7) is 1.64. The maximum Gasteiger partial charge on any atom is 0.306 e. The van der Waals surface area contributed by atoms with E-state index >= 15 is 0 Å². The van der Waals surface area contributed by atoms with Crippen LogP contribution < -0.4 is 0 Å². The summed E-state index contributed by atoms with van der Waals surface area (Å²) in [6, 6.07) is 9.12. The number of nitrogens with zero attached hydrogens (tertiary/aromatic N) is 1. The smallest absolute Gasteiger partial charge is 0.306 e. The Labute approximate surface area is 82.6 Å². The molecule has 14 heavy (non-hydrogen) atoms. The Kier molecular flexibility index (Phi) is 3.24. The van der Waals surface area contributed by atoms with E-state index in [0.717, 1.165) is 5.56 Å². The zero-order chi connectivity index (χ0) is 10.6. The fraction of sp³-hybridized carbons (Fsp3) is 0.273. The van der Waals surface area contributed by atoms with E-state index < -0.39 is 11.9 Å². The lowest BCUT2D eigenvalue weighted by atomic mass is 9.97. The largest absolute Gasteiger partial charge is 0.481 e. The number of aliphatic carboxylic acids is 1. The molecule has 0 aliphatic carbocycles. The van der Waals surface area contributed by atoms with Gasteiger partial charge in [0.05, 0.1) is 17.6 Å². The SMILES string of the molecule is C[C@@H](Cc1ccccc1C#N)C(=O)O. The second-order valence-electron chi connectivity index (χ2n) is 3.21. The molecule has 0 fully saturated rings. The fourth-order valence-corrected chi connectivity index (χ4v) is 1.22. The number of rotatable bonds is 3. The standard InChI is InChI=1S/C11H11NO2/c1-8(11(13)14)6-9-4-2-3-5-10(9)7-12/h2-5,8H,6H2,1H3,(H,13,14)/t8-/m0/s1. The molecule has 1 N–H and O–H groups in total. The highest BCUT2D eigenvalue weighted by molar-refractivity contribution is 5.70. The van der Waals surface area contributed by atoms with Crippen molar-refractivity contribution in [2.45, 2.75) is 13.3 Å². The van der Waals surface area contributed by atoms with Crippen molar-refractivity contribution in [3.05, 3.63) is 35.4 Å². The van der Waals surface area contributed by atoms with Crippen LogP contribution in [-0.2, 0) is 11.2 Å². The van der Waals surface area contributed by atoms with Crippen LogP contribution >= 0.6 is 0 Å². The molecule has 3 heteroatoms. The molecule has 1 aromatic rings. The Morgan fingerprint density at radius 3 is 2.79 bits per heavy atom. The monoisotopic (exact) mass is 189 g/mol. The van der Waals surface area contributed by atoms with Crippen LogP contribution in [-0.4, -0.2) is 11.1 Å². The maximum absolute atomic E-state index is 10.6. The number of hydrogen-bond acceptors (Lipinski definition) is 2. The summed E-state index contributed by atoms with van der Waals surface area (Å²) in [4.78, 5) is 10.6. The van der Waals surface area contributed by atoms with Gasteiger partial charge in [-0.3, -0.25) is 4.79 Å². The van der Waals surface area contributed by atoms with E-state index in [9.17, 15) is 4.79 Å². The van der Waals surface area contributed by atoms with Gasteiger partial charge in [-0.05, 0) is 18.1 Å². The van der Waals surface area contributed by atoms with E-state index in [1.54, 1.807) is 25.1 Å². The van der Waals surface area contributed by atoms with Crippen molar-refractivity contribution in [2.75, 3.05) is 0 Å². The highest BCUT2D eigenvalue weighted by Gasteiger charge is 2.13. The minimum absolute atomic E-state index is 0.402. The van der Waals surface area contributed by atoms with Crippen LogP contribution in [0.15, 0.2) is 24.3 Å². The number of benzene rings is 1. The third kappa shape index (κ3) is 2.33. The molecule has 0 aliphatic heterocycles. The summed E-state index contributed by atoms with van der Waals surface area (Å²) in [6.07, 6.45) is 0.402. The van der Waals surface area contributed by atoms with Gasteiger partial charge in [0.2, 0.25) is 0 Å². The highest BCUT2D eigenvalue weighted by atomic mass is 16.4. The van der Waals surface area contributed by atoms with Crippen LogP contribution in [0.2, 0.25) is 0 Å². The number of carbonyl (C=O) groups is 1. The van der Waals surface area contributed by atoms with Gasteiger partial charge in [-0.2, -0.15) is 5.26 Å². The molecule has 0 aromatic heterocycles. The number of carboxylic acid groups (broad SMARTS) is 1. The molecule has 0 spiro atoms. The van der Waals surface area contributed by atoms with E-state index in [2.05, 4.69) is 0 Å². The first-order valence-corrected chi connectivity index (χ1v) is 4.36. The third-order valence-electron chi connectivity index (χ3n) is 2.09. The minimum atomic E-state index is -0.835. The van der Waals surface area contributed by atoms with Crippen LogP contribution in [0.3, 0.4) is 0 Å². The molecule has 3 nitrogen and oxygen atoms in total. The molecule has 1 aromatic carbocycles. The molecule has 0 amide bonds. The van der Waals surface area contributed by atoms with Gasteiger partial charge in [-0.1, -0.05) is 25.1 Å². The number of hydrogen-bond donors (Lipinski definition) is 1. The Morgan fingerprint density at radius 2 is 2.21 bits per heavy atom. The Hall–Kier alpha value is -1.82. The average molecular weight is 189 g/mol.